The van der Waals surface area contributed by atoms with Crippen LogP contribution in [0.15, 0.2) is 65.7 Å². The fourth-order valence-electron chi connectivity index (χ4n) is 2.10. The molecule has 0 aliphatic carbocycles. The van der Waals surface area contributed by atoms with Crippen LogP contribution in [0.25, 0.3) is 0 Å². The number of aliphatic hydroxyl groups is 1. The topological polar surface area (TPSA) is 32.6 Å². The molecule has 2 aromatic carbocycles. The summed E-state index contributed by atoms with van der Waals surface area (Å²) in [6.07, 6.45) is -13.6. The van der Waals surface area contributed by atoms with Gasteiger partial charge in [-0.05, 0) is 17.7 Å². The Balaban J connectivity index is 2.55. The second kappa shape index (κ2) is 6.87. The molecule has 0 amide bonds. The van der Waals surface area contributed by atoms with Crippen LogP contribution >= 0.6 is 0 Å². The van der Waals surface area contributed by atoms with Crippen LogP contribution in [0.3, 0.4) is 0 Å². The van der Waals surface area contributed by atoms with E-state index in [1.807, 2.05) is 0 Å². The van der Waals surface area contributed by atoms with E-state index in [9.17, 15) is 31.4 Å². The van der Waals surface area contributed by atoms with Crippen molar-refractivity contribution in [2.75, 3.05) is 0 Å². The number of halogens is 6. The SMILES string of the molecule is OC(C/C(=N/c1ccccc1)c1ccccc1)(C(F)(F)F)C(F)(F)F. The first-order valence-corrected chi connectivity index (χ1v) is 7.08. The second-order valence-corrected chi connectivity index (χ2v) is 5.29. The zero-order chi connectivity index (χ0) is 18.7. The minimum atomic E-state index is -5.91. The summed E-state index contributed by atoms with van der Waals surface area (Å²) in [7, 11) is 0. The van der Waals surface area contributed by atoms with Gasteiger partial charge in [0.2, 0.25) is 0 Å². The van der Waals surface area contributed by atoms with Gasteiger partial charge in [-0.3, -0.25) is 4.99 Å². The zero-order valence-corrected chi connectivity index (χ0v) is 12.6. The Morgan fingerprint density at radius 2 is 1.20 bits per heavy atom. The zero-order valence-electron chi connectivity index (χ0n) is 12.6. The maximum absolute atomic E-state index is 13.0. The molecule has 1 N–H and O–H groups in total. The minimum Gasteiger partial charge on any atom is -0.373 e. The first-order chi connectivity index (χ1) is 11.5. The molecule has 0 saturated heterocycles. The summed E-state index contributed by atoms with van der Waals surface area (Å²) >= 11 is 0. The number of alkyl halides is 6. The van der Waals surface area contributed by atoms with Crippen LogP contribution < -0.4 is 0 Å². The Hall–Kier alpha value is -2.35. The lowest BCUT2D eigenvalue weighted by atomic mass is 9.91. The highest BCUT2D eigenvalue weighted by atomic mass is 19.4. The van der Waals surface area contributed by atoms with Crippen molar-refractivity contribution in [1.82, 2.24) is 0 Å². The summed E-state index contributed by atoms with van der Waals surface area (Å²) in [5, 5.41) is 9.46. The van der Waals surface area contributed by atoms with Crippen LogP contribution in [0.2, 0.25) is 0 Å². The van der Waals surface area contributed by atoms with E-state index >= 15 is 0 Å². The van der Waals surface area contributed by atoms with Crippen LogP contribution in [0.5, 0.6) is 0 Å². The van der Waals surface area contributed by atoms with E-state index < -0.39 is 30.1 Å². The first-order valence-electron chi connectivity index (χ1n) is 7.08. The third-order valence-electron chi connectivity index (χ3n) is 3.49. The van der Waals surface area contributed by atoms with Crippen LogP contribution in [-0.4, -0.2) is 28.8 Å². The van der Waals surface area contributed by atoms with Crippen molar-refractivity contribution in [2.24, 2.45) is 4.99 Å². The number of hydrogen-bond acceptors (Lipinski definition) is 2. The number of para-hydroxylation sites is 1. The number of nitrogens with zero attached hydrogens (tertiary/aromatic N) is 1. The summed E-state index contributed by atoms with van der Waals surface area (Å²) in [5.74, 6) is 0. The standard InChI is InChI=1S/C17H13F6NO/c18-16(19,20)15(25,17(21,22)23)11-14(12-7-3-1-4-8-12)24-13-9-5-2-6-10-13/h1-10,25H,11H2/b24-14-. The summed E-state index contributed by atoms with van der Waals surface area (Å²) in [6, 6.07) is 14.7. The third-order valence-corrected chi connectivity index (χ3v) is 3.49. The van der Waals surface area contributed by atoms with Gasteiger partial charge in [-0.2, -0.15) is 26.3 Å². The maximum Gasteiger partial charge on any atom is 0.426 e. The monoisotopic (exact) mass is 361 g/mol. The molecule has 0 radical (unpaired) electrons. The van der Waals surface area contributed by atoms with Crippen LogP contribution in [0, 0.1) is 0 Å². The Labute approximate surface area is 139 Å². The van der Waals surface area contributed by atoms with Crippen molar-refractivity contribution in [3.05, 3.63) is 66.2 Å². The predicted molar refractivity (Wildman–Crippen MR) is 80.8 cm³/mol. The molecule has 0 saturated carbocycles. The van der Waals surface area contributed by atoms with Gasteiger partial charge >= 0.3 is 12.4 Å². The van der Waals surface area contributed by atoms with Crippen LogP contribution in [0.4, 0.5) is 32.0 Å². The number of benzene rings is 2. The first kappa shape index (κ1) is 19.0. The molecule has 2 nitrogen and oxygen atoms in total. The quantitative estimate of drug-likeness (QED) is 0.600. The molecule has 0 unspecified atom stereocenters. The highest BCUT2D eigenvalue weighted by Crippen LogP contribution is 2.46. The molecule has 25 heavy (non-hydrogen) atoms. The number of hydrogen-bond donors (Lipinski definition) is 1. The molecule has 2 rings (SSSR count). The molecule has 0 aromatic heterocycles. The van der Waals surface area contributed by atoms with E-state index in [0.29, 0.717) is 0 Å². The molecule has 8 heteroatoms. The fourth-order valence-corrected chi connectivity index (χ4v) is 2.10. The van der Waals surface area contributed by atoms with E-state index in [4.69, 9.17) is 0 Å². The number of rotatable bonds is 4. The molecular formula is C17H13F6NO. The van der Waals surface area contributed by atoms with Gasteiger partial charge in [-0.1, -0.05) is 48.5 Å². The van der Waals surface area contributed by atoms with Gasteiger partial charge in [-0.25, -0.2) is 0 Å². The molecule has 134 valence electrons. The van der Waals surface area contributed by atoms with E-state index in [1.54, 1.807) is 24.3 Å². The Kier molecular flexibility index (Phi) is 5.22. The third kappa shape index (κ3) is 4.19. The molecular weight excluding hydrogens is 348 g/mol. The van der Waals surface area contributed by atoms with Crippen LogP contribution in [0.1, 0.15) is 12.0 Å². The average Bonchev–Trinajstić information content (AvgIpc) is 2.54. The van der Waals surface area contributed by atoms with Gasteiger partial charge in [-0.15, -0.1) is 0 Å². The fraction of sp³-hybridized carbons (Fsp3) is 0.235. The molecule has 0 aliphatic rings. The highest BCUT2D eigenvalue weighted by Gasteiger charge is 2.70. The van der Waals surface area contributed by atoms with Gasteiger partial charge in [0, 0.05) is 6.42 Å². The molecule has 2 aromatic rings. The van der Waals surface area contributed by atoms with Crippen molar-refractivity contribution < 1.29 is 31.4 Å². The van der Waals surface area contributed by atoms with Gasteiger partial charge in [0.25, 0.3) is 5.60 Å². The Morgan fingerprint density at radius 3 is 1.64 bits per heavy atom. The van der Waals surface area contributed by atoms with Gasteiger partial charge in [0.05, 0.1) is 11.4 Å². The van der Waals surface area contributed by atoms with Gasteiger partial charge < -0.3 is 5.11 Å². The Morgan fingerprint density at radius 1 is 0.760 bits per heavy atom. The normalized spacial score (nSPS) is 13.8. The smallest absolute Gasteiger partial charge is 0.373 e. The minimum absolute atomic E-state index is 0.0540. The highest BCUT2D eigenvalue weighted by molar-refractivity contribution is 6.02. The summed E-state index contributed by atoms with van der Waals surface area (Å²) in [5.41, 5.74) is -5.20. The average molecular weight is 361 g/mol. The molecule has 0 bridgehead atoms. The Bertz CT molecular complexity index is 708. The summed E-state index contributed by atoms with van der Waals surface area (Å²) in [6.45, 7) is 0. The van der Waals surface area contributed by atoms with E-state index in [1.165, 1.54) is 36.4 Å². The van der Waals surface area contributed by atoms with Crippen molar-refractivity contribution in [1.29, 1.82) is 0 Å². The van der Waals surface area contributed by atoms with E-state index in [2.05, 4.69) is 4.99 Å². The van der Waals surface area contributed by atoms with Crippen molar-refractivity contribution in [3.8, 4) is 0 Å². The van der Waals surface area contributed by atoms with Crippen LogP contribution in [-0.2, 0) is 0 Å². The summed E-state index contributed by atoms with van der Waals surface area (Å²) in [4.78, 5) is 3.90. The summed E-state index contributed by atoms with van der Waals surface area (Å²) < 4.78 is 77.9. The molecule has 0 fully saturated rings. The maximum atomic E-state index is 13.0. The predicted octanol–water partition coefficient (Wildman–Crippen LogP) is 5.05. The van der Waals surface area contributed by atoms with Crippen molar-refractivity contribution in [3.63, 3.8) is 0 Å². The van der Waals surface area contributed by atoms with Crippen molar-refractivity contribution >= 4 is 11.4 Å². The number of aliphatic imine (C=N–C) groups is 1. The lowest BCUT2D eigenvalue weighted by Crippen LogP contribution is -2.58. The van der Waals surface area contributed by atoms with E-state index in [0.717, 1.165) is 0 Å². The van der Waals surface area contributed by atoms with E-state index in [-0.39, 0.29) is 11.3 Å². The largest absolute Gasteiger partial charge is 0.426 e. The van der Waals surface area contributed by atoms with Gasteiger partial charge in [0.1, 0.15) is 0 Å². The second-order valence-electron chi connectivity index (χ2n) is 5.29. The lowest BCUT2D eigenvalue weighted by Gasteiger charge is -2.32. The lowest BCUT2D eigenvalue weighted by molar-refractivity contribution is -0.365. The molecule has 0 atom stereocenters. The molecule has 0 heterocycles. The molecule has 0 aliphatic heterocycles. The van der Waals surface area contributed by atoms with Gasteiger partial charge in [0.15, 0.2) is 0 Å². The molecule has 0 spiro atoms. The van der Waals surface area contributed by atoms with Crippen molar-refractivity contribution in [2.45, 2.75) is 24.4 Å².